The van der Waals surface area contributed by atoms with Gasteiger partial charge in [0.25, 0.3) is 0 Å². The number of carboxylic acid groups (broad SMARTS) is 1. The third kappa shape index (κ3) is 4.00. The number of hydrogen-bond acceptors (Lipinski definition) is 5. The molecule has 0 spiro atoms. The summed E-state index contributed by atoms with van der Waals surface area (Å²) in [5.41, 5.74) is 1.81. The van der Waals surface area contributed by atoms with Crippen LogP contribution in [-0.2, 0) is 0 Å². The minimum absolute atomic E-state index is 0.0195. The van der Waals surface area contributed by atoms with Crippen LogP contribution in [0.1, 0.15) is 10.4 Å². The number of ether oxygens (including phenoxy) is 2. The third-order valence-corrected chi connectivity index (χ3v) is 5.29. The molecule has 1 saturated heterocycles. The molecule has 0 saturated carbocycles. The minimum Gasteiger partial charge on any atom is -0.487 e. The molecule has 0 atom stereocenters. The van der Waals surface area contributed by atoms with Gasteiger partial charge in [-0.25, -0.2) is 4.79 Å². The first kappa shape index (κ1) is 19.7. The molecule has 7 nitrogen and oxygen atoms in total. The Labute approximate surface area is 185 Å². The van der Waals surface area contributed by atoms with Crippen molar-refractivity contribution in [3.05, 3.63) is 97.1 Å². The van der Waals surface area contributed by atoms with E-state index in [0.29, 0.717) is 30.3 Å². The molecule has 160 valence electrons. The highest BCUT2D eigenvalue weighted by Crippen LogP contribution is 2.33. The maximum Gasteiger partial charge on any atom is 0.337 e. The van der Waals surface area contributed by atoms with Crippen LogP contribution in [0.4, 0.5) is 5.69 Å². The molecule has 3 heterocycles. The van der Waals surface area contributed by atoms with Gasteiger partial charge in [0, 0.05) is 18.6 Å². The van der Waals surface area contributed by atoms with E-state index in [4.69, 9.17) is 9.47 Å². The van der Waals surface area contributed by atoms with Crippen molar-refractivity contribution in [1.29, 1.82) is 0 Å². The minimum atomic E-state index is -0.947. The predicted molar refractivity (Wildman–Crippen MR) is 120 cm³/mol. The van der Waals surface area contributed by atoms with Gasteiger partial charge in [-0.05, 0) is 60.7 Å². The Kier molecular flexibility index (Phi) is 5.21. The average molecular weight is 427 g/mol. The molecule has 5 rings (SSSR count). The molecule has 0 aliphatic carbocycles. The first-order valence-electron chi connectivity index (χ1n) is 10.3. The van der Waals surface area contributed by atoms with Gasteiger partial charge in [0.15, 0.2) is 0 Å². The molecule has 1 aliphatic heterocycles. The van der Waals surface area contributed by atoms with E-state index in [1.165, 1.54) is 0 Å². The predicted octanol–water partition coefficient (Wildman–Crippen LogP) is 4.63. The maximum absolute atomic E-state index is 11.8. The summed E-state index contributed by atoms with van der Waals surface area (Å²) in [6.45, 7) is 1.34. The van der Waals surface area contributed by atoms with Crippen molar-refractivity contribution in [3.8, 4) is 22.9 Å². The van der Waals surface area contributed by atoms with Crippen molar-refractivity contribution in [1.82, 2.24) is 9.55 Å². The van der Waals surface area contributed by atoms with E-state index in [9.17, 15) is 9.90 Å². The SMILES string of the molecule is O=C(O)c1cccc(N2CC(Oc3ccc(Oc4cccnc4)cc3)C2)c1-n1cccc1. The number of anilines is 1. The van der Waals surface area contributed by atoms with Crippen LogP contribution in [-0.4, -0.2) is 39.8 Å². The number of rotatable bonds is 7. The standard InChI is InChI=1S/C25H21N3O4/c29-25(30)22-6-3-7-23(24(22)27-13-1-2-14-27)28-16-21(17-28)32-19-10-8-18(9-11-19)31-20-5-4-12-26-15-20/h1-15,21H,16-17H2,(H,29,30). The molecule has 1 aliphatic rings. The summed E-state index contributed by atoms with van der Waals surface area (Å²) in [5.74, 6) is 1.20. The topological polar surface area (TPSA) is 76.8 Å². The molecule has 0 radical (unpaired) electrons. The molecule has 7 heteroatoms. The Balaban J connectivity index is 1.25. The highest BCUT2D eigenvalue weighted by Gasteiger charge is 2.31. The molecule has 2 aromatic carbocycles. The van der Waals surface area contributed by atoms with Crippen LogP contribution in [0.2, 0.25) is 0 Å². The van der Waals surface area contributed by atoms with Crippen molar-refractivity contribution in [2.45, 2.75) is 6.10 Å². The zero-order valence-electron chi connectivity index (χ0n) is 17.2. The molecule has 0 amide bonds. The Morgan fingerprint density at radius 3 is 2.34 bits per heavy atom. The van der Waals surface area contributed by atoms with E-state index in [2.05, 4.69) is 9.88 Å². The number of para-hydroxylation sites is 1. The number of aromatic nitrogens is 2. The molecule has 32 heavy (non-hydrogen) atoms. The number of aromatic carboxylic acids is 1. The summed E-state index contributed by atoms with van der Waals surface area (Å²) in [4.78, 5) is 17.9. The molecule has 2 aromatic heterocycles. The van der Waals surface area contributed by atoms with E-state index >= 15 is 0 Å². The van der Waals surface area contributed by atoms with Crippen LogP contribution in [0.15, 0.2) is 91.5 Å². The van der Waals surface area contributed by atoms with Crippen molar-refractivity contribution >= 4 is 11.7 Å². The lowest BCUT2D eigenvalue weighted by molar-refractivity contribution is 0.0697. The lowest BCUT2D eigenvalue weighted by Crippen LogP contribution is -2.54. The fourth-order valence-corrected chi connectivity index (χ4v) is 3.75. The first-order valence-corrected chi connectivity index (χ1v) is 10.3. The van der Waals surface area contributed by atoms with Crippen LogP contribution < -0.4 is 14.4 Å². The van der Waals surface area contributed by atoms with E-state index < -0.39 is 5.97 Å². The van der Waals surface area contributed by atoms with Gasteiger partial charge >= 0.3 is 5.97 Å². The summed E-state index contributed by atoms with van der Waals surface area (Å²) >= 11 is 0. The average Bonchev–Trinajstić information content (AvgIpc) is 3.32. The summed E-state index contributed by atoms with van der Waals surface area (Å²) < 4.78 is 13.7. The highest BCUT2D eigenvalue weighted by atomic mass is 16.5. The number of carboxylic acids is 1. The van der Waals surface area contributed by atoms with Gasteiger partial charge in [0.1, 0.15) is 23.4 Å². The highest BCUT2D eigenvalue weighted by molar-refractivity contribution is 5.95. The number of hydrogen-bond donors (Lipinski definition) is 1. The van der Waals surface area contributed by atoms with Gasteiger partial charge in [-0.1, -0.05) is 6.07 Å². The summed E-state index contributed by atoms with van der Waals surface area (Å²) in [5, 5.41) is 9.65. The summed E-state index contributed by atoms with van der Waals surface area (Å²) in [7, 11) is 0. The zero-order valence-corrected chi connectivity index (χ0v) is 17.2. The third-order valence-electron chi connectivity index (χ3n) is 5.29. The second-order valence-electron chi connectivity index (χ2n) is 7.48. The van der Waals surface area contributed by atoms with Gasteiger partial charge in [-0.3, -0.25) is 4.98 Å². The van der Waals surface area contributed by atoms with E-state index in [-0.39, 0.29) is 11.7 Å². The Morgan fingerprint density at radius 2 is 1.66 bits per heavy atom. The summed E-state index contributed by atoms with van der Waals surface area (Å²) in [6, 6.07) is 20.3. The van der Waals surface area contributed by atoms with E-state index in [1.54, 1.807) is 24.5 Å². The molecular weight excluding hydrogens is 406 g/mol. The van der Waals surface area contributed by atoms with Crippen LogP contribution in [0.5, 0.6) is 17.2 Å². The first-order chi connectivity index (χ1) is 15.7. The molecular formula is C25H21N3O4. The molecule has 4 aromatic rings. The summed E-state index contributed by atoms with van der Waals surface area (Å²) in [6.07, 6.45) is 7.09. The van der Waals surface area contributed by atoms with Crippen molar-refractivity contribution in [2.75, 3.05) is 18.0 Å². The number of benzene rings is 2. The van der Waals surface area contributed by atoms with Gasteiger partial charge in [0.05, 0.1) is 36.2 Å². The van der Waals surface area contributed by atoms with Gasteiger partial charge in [0.2, 0.25) is 0 Å². The van der Waals surface area contributed by atoms with Crippen molar-refractivity contribution in [3.63, 3.8) is 0 Å². The van der Waals surface area contributed by atoms with Gasteiger partial charge in [-0.15, -0.1) is 0 Å². The van der Waals surface area contributed by atoms with E-state index in [0.717, 1.165) is 11.4 Å². The Morgan fingerprint density at radius 1 is 0.906 bits per heavy atom. The van der Waals surface area contributed by atoms with Crippen molar-refractivity contribution < 1.29 is 19.4 Å². The second kappa shape index (κ2) is 8.47. The smallest absolute Gasteiger partial charge is 0.337 e. The monoisotopic (exact) mass is 427 g/mol. The fraction of sp³-hybridized carbons (Fsp3) is 0.120. The molecule has 0 unspecified atom stereocenters. The quantitative estimate of drug-likeness (QED) is 0.463. The lowest BCUT2D eigenvalue weighted by Gasteiger charge is -2.41. The Hall–Kier alpha value is -4.26. The van der Waals surface area contributed by atoms with Gasteiger partial charge in [-0.2, -0.15) is 0 Å². The van der Waals surface area contributed by atoms with Crippen LogP contribution in [0.3, 0.4) is 0 Å². The van der Waals surface area contributed by atoms with E-state index in [1.807, 2.05) is 71.6 Å². The largest absolute Gasteiger partial charge is 0.487 e. The van der Waals surface area contributed by atoms with Gasteiger partial charge < -0.3 is 24.0 Å². The van der Waals surface area contributed by atoms with Crippen LogP contribution in [0.25, 0.3) is 5.69 Å². The van der Waals surface area contributed by atoms with Crippen LogP contribution in [0, 0.1) is 0 Å². The lowest BCUT2D eigenvalue weighted by atomic mass is 10.1. The second-order valence-corrected chi connectivity index (χ2v) is 7.48. The normalized spacial score (nSPS) is 13.4. The Bertz CT molecular complexity index is 1200. The molecule has 0 bridgehead atoms. The number of carbonyl (C=O) groups is 1. The molecule has 1 fully saturated rings. The maximum atomic E-state index is 11.8. The molecule has 1 N–H and O–H groups in total. The van der Waals surface area contributed by atoms with Crippen molar-refractivity contribution in [2.24, 2.45) is 0 Å². The number of pyridine rings is 1. The fourth-order valence-electron chi connectivity index (χ4n) is 3.75. The number of nitrogens with zero attached hydrogens (tertiary/aromatic N) is 3. The van der Waals surface area contributed by atoms with Crippen LogP contribution >= 0.6 is 0 Å². The zero-order chi connectivity index (χ0) is 21.9.